The molecule has 0 aliphatic heterocycles. The van der Waals surface area contributed by atoms with Crippen LogP contribution in [0.15, 0.2) is 6.07 Å². The predicted molar refractivity (Wildman–Crippen MR) is 62.7 cm³/mol. The molecule has 0 saturated heterocycles. The second-order valence-electron chi connectivity index (χ2n) is 3.97. The van der Waals surface area contributed by atoms with Gasteiger partial charge in [0.15, 0.2) is 0 Å². The van der Waals surface area contributed by atoms with Gasteiger partial charge in [0.05, 0.1) is 7.11 Å². The Kier molecular flexibility index (Phi) is 4.49. The van der Waals surface area contributed by atoms with Crippen LogP contribution in [0.4, 0.5) is 5.95 Å². The third-order valence-electron chi connectivity index (χ3n) is 2.54. The molecule has 0 radical (unpaired) electrons. The first-order valence-electron chi connectivity index (χ1n) is 5.34. The lowest BCUT2D eigenvalue weighted by Gasteiger charge is -2.19. The van der Waals surface area contributed by atoms with Crippen molar-refractivity contribution >= 4 is 5.95 Å². The van der Waals surface area contributed by atoms with Gasteiger partial charge in [-0.15, -0.1) is 0 Å². The van der Waals surface area contributed by atoms with Crippen LogP contribution in [0, 0.1) is 12.8 Å². The minimum atomic E-state index is 0.108. The Bertz CT molecular complexity index is 344. The van der Waals surface area contributed by atoms with Crippen LogP contribution in [0.3, 0.4) is 0 Å². The highest BCUT2D eigenvalue weighted by Gasteiger charge is 2.12. The largest absolute Gasteiger partial charge is 0.481 e. The summed E-state index contributed by atoms with van der Waals surface area (Å²) in [6.07, 6.45) is 0. The fourth-order valence-corrected chi connectivity index (χ4v) is 1.21. The summed E-state index contributed by atoms with van der Waals surface area (Å²) in [5.41, 5.74) is 0.846. The Morgan fingerprint density at radius 2 is 2.12 bits per heavy atom. The van der Waals surface area contributed by atoms with Crippen LogP contribution in [0.1, 0.15) is 19.5 Å². The lowest BCUT2D eigenvalue weighted by Crippen LogP contribution is -2.27. The van der Waals surface area contributed by atoms with E-state index in [1.807, 2.05) is 20.8 Å². The van der Waals surface area contributed by atoms with Crippen LogP contribution in [0.2, 0.25) is 0 Å². The lowest BCUT2D eigenvalue weighted by molar-refractivity contribution is 0.226. The summed E-state index contributed by atoms with van der Waals surface area (Å²) in [6, 6.07) is 1.88. The Labute approximate surface area is 95.9 Å². The molecule has 2 N–H and O–H groups in total. The van der Waals surface area contributed by atoms with Gasteiger partial charge in [-0.3, -0.25) is 0 Å². The number of ether oxygens (including phenoxy) is 1. The standard InChI is InChI=1S/C11H19N3O2/c1-7(6-15)9(3)13-11-12-8(2)5-10(14-11)16-4/h5,7,9,15H,6H2,1-4H3,(H,12,13,14). The fourth-order valence-electron chi connectivity index (χ4n) is 1.21. The van der Waals surface area contributed by atoms with Crippen molar-refractivity contribution in [1.29, 1.82) is 0 Å². The number of methoxy groups -OCH3 is 1. The number of aryl methyl sites for hydroxylation is 1. The molecule has 2 unspecified atom stereocenters. The van der Waals surface area contributed by atoms with Gasteiger partial charge in [0.1, 0.15) is 0 Å². The Morgan fingerprint density at radius 3 is 2.69 bits per heavy atom. The number of nitrogens with one attached hydrogen (secondary N) is 1. The van der Waals surface area contributed by atoms with Gasteiger partial charge in [0.2, 0.25) is 11.8 Å². The summed E-state index contributed by atoms with van der Waals surface area (Å²) in [5, 5.41) is 12.2. The van der Waals surface area contributed by atoms with E-state index >= 15 is 0 Å². The molecule has 0 spiro atoms. The SMILES string of the molecule is COc1cc(C)nc(NC(C)C(C)CO)n1. The molecule has 0 aromatic carbocycles. The molecule has 0 fully saturated rings. The van der Waals surface area contributed by atoms with Crippen molar-refractivity contribution in [3.8, 4) is 5.88 Å². The van der Waals surface area contributed by atoms with E-state index in [9.17, 15) is 0 Å². The maximum Gasteiger partial charge on any atom is 0.226 e. The van der Waals surface area contributed by atoms with Crippen LogP contribution >= 0.6 is 0 Å². The third kappa shape index (κ3) is 3.34. The van der Waals surface area contributed by atoms with Crippen molar-refractivity contribution in [2.45, 2.75) is 26.8 Å². The number of aliphatic hydroxyl groups is 1. The summed E-state index contributed by atoms with van der Waals surface area (Å²) < 4.78 is 5.06. The van der Waals surface area contributed by atoms with Crippen LogP contribution in [-0.2, 0) is 0 Å². The van der Waals surface area contributed by atoms with E-state index in [0.29, 0.717) is 11.8 Å². The smallest absolute Gasteiger partial charge is 0.226 e. The zero-order chi connectivity index (χ0) is 12.1. The zero-order valence-electron chi connectivity index (χ0n) is 10.2. The molecular formula is C11H19N3O2. The van der Waals surface area contributed by atoms with Crippen molar-refractivity contribution in [3.05, 3.63) is 11.8 Å². The van der Waals surface area contributed by atoms with Gasteiger partial charge in [-0.05, 0) is 19.8 Å². The van der Waals surface area contributed by atoms with E-state index in [2.05, 4.69) is 15.3 Å². The fraction of sp³-hybridized carbons (Fsp3) is 0.636. The molecule has 0 aliphatic rings. The van der Waals surface area contributed by atoms with Crippen molar-refractivity contribution < 1.29 is 9.84 Å². The first kappa shape index (κ1) is 12.7. The summed E-state index contributed by atoms with van der Waals surface area (Å²) in [5.74, 6) is 1.22. The third-order valence-corrected chi connectivity index (χ3v) is 2.54. The average Bonchev–Trinajstić information content (AvgIpc) is 2.26. The molecule has 0 aliphatic carbocycles. The number of rotatable bonds is 5. The Balaban J connectivity index is 2.76. The van der Waals surface area contributed by atoms with Gasteiger partial charge in [0.25, 0.3) is 0 Å². The van der Waals surface area contributed by atoms with Crippen molar-refractivity contribution in [1.82, 2.24) is 9.97 Å². The highest BCUT2D eigenvalue weighted by molar-refractivity contribution is 5.31. The second-order valence-corrected chi connectivity index (χ2v) is 3.97. The molecule has 5 heteroatoms. The summed E-state index contributed by atoms with van der Waals surface area (Å²) in [6.45, 7) is 5.97. The number of hydrogen-bond donors (Lipinski definition) is 2. The number of nitrogens with zero attached hydrogens (tertiary/aromatic N) is 2. The Morgan fingerprint density at radius 1 is 1.44 bits per heavy atom. The van der Waals surface area contributed by atoms with Gasteiger partial charge in [0, 0.05) is 24.4 Å². The number of aromatic nitrogens is 2. The molecule has 0 saturated carbocycles. The van der Waals surface area contributed by atoms with E-state index in [4.69, 9.17) is 9.84 Å². The van der Waals surface area contributed by atoms with E-state index in [1.54, 1.807) is 13.2 Å². The van der Waals surface area contributed by atoms with Crippen LogP contribution < -0.4 is 10.1 Å². The first-order chi connectivity index (χ1) is 7.56. The quantitative estimate of drug-likeness (QED) is 0.788. The number of aliphatic hydroxyl groups excluding tert-OH is 1. The topological polar surface area (TPSA) is 67.3 Å². The average molecular weight is 225 g/mol. The molecular weight excluding hydrogens is 206 g/mol. The molecule has 2 atom stereocenters. The highest BCUT2D eigenvalue weighted by Crippen LogP contribution is 2.13. The van der Waals surface area contributed by atoms with Gasteiger partial charge < -0.3 is 15.2 Å². The van der Waals surface area contributed by atoms with Crippen molar-refractivity contribution in [2.24, 2.45) is 5.92 Å². The molecule has 1 heterocycles. The van der Waals surface area contributed by atoms with Gasteiger partial charge in [-0.1, -0.05) is 6.92 Å². The van der Waals surface area contributed by atoms with Crippen LogP contribution in [0.25, 0.3) is 0 Å². The normalized spacial score (nSPS) is 14.3. The molecule has 5 nitrogen and oxygen atoms in total. The maximum absolute atomic E-state index is 9.03. The first-order valence-corrected chi connectivity index (χ1v) is 5.34. The maximum atomic E-state index is 9.03. The highest BCUT2D eigenvalue weighted by atomic mass is 16.5. The Hall–Kier alpha value is -1.36. The second kappa shape index (κ2) is 5.65. The van der Waals surface area contributed by atoms with Crippen LogP contribution in [-0.4, -0.2) is 34.8 Å². The van der Waals surface area contributed by atoms with Crippen LogP contribution in [0.5, 0.6) is 5.88 Å². The molecule has 1 aromatic rings. The van der Waals surface area contributed by atoms with E-state index < -0.39 is 0 Å². The van der Waals surface area contributed by atoms with Crippen molar-refractivity contribution in [3.63, 3.8) is 0 Å². The molecule has 0 amide bonds. The number of hydrogen-bond acceptors (Lipinski definition) is 5. The van der Waals surface area contributed by atoms with Gasteiger partial charge in [-0.2, -0.15) is 4.98 Å². The van der Waals surface area contributed by atoms with Crippen molar-refractivity contribution in [2.75, 3.05) is 19.0 Å². The summed E-state index contributed by atoms with van der Waals surface area (Å²) >= 11 is 0. The van der Waals surface area contributed by atoms with E-state index in [0.717, 1.165) is 5.69 Å². The van der Waals surface area contributed by atoms with E-state index in [-0.39, 0.29) is 18.6 Å². The molecule has 90 valence electrons. The molecule has 0 bridgehead atoms. The minimum absolute atomic E-state index is 0.108. The zero-order valence-corrected chi connectivity index (χ0v) is 10.2. The molecule has 1 aromatic heterocycles. The monoisotopic (exact) mass is 225 g/mol. The molecule has 1 rings (SSSR count). The predicted octanol–water partition coefficient (Wildman–Crippen LogP) is 1.22. The summed E-state index contributed by atoms with van der Waals surface area (Å²) in [4.78, 5) is 8.44. The molecule has 16 heavy (non-hydrogen) atoms. The lowest BCUT2D eigenvalue weighted by atomic mass is 10.1. The van der Waals surface area contributed by atoms with E-state index in [1.165, 1.54) is 0 Å². The summed E-state index contributed by atoms with van der Waals surface area (Å²) in [7, 11) is 1.57. The minimum Gasteiger partial charge on any atom is -0.481 e. The number of anilines is 1. The van der Waals surface area contributed by atoms with Gasteiger partial charge >= 0.3 is 0 Å². The van der Waals surface area contributed by atoms with Gasteiger partial charge in [-0.25, -0.2) is 4.98 Å².